The molecule has 182 valence electrons. The Morgan fingerprint density at radius 3 is 2.68 bits per heavy atom. The molecular formula is C24H30N4O3S3. The third-order valence-electron chi connectivity index (χ3n) is 5.59. The highest BCUT2D eigenvalue weighted by Crippen LogP contribution is 2.39. The minimum absolute atomic E-state index is 0.175. The lowest BCUT2D eigenvalue weighted by molar-refractivity contribution is -0.113. The third-order valence-corrected chi connectivity index (χ3v) is 9.05. The summed E-state index contributed by atoms with van der Waals surface area (Å²) in [6.45, 7) is 8.01. The number of thiophene rings is 2. The van der Waals surface area contributed by atoms with Crippen molar-refractivity contribution in [3.63, 3.8) is 0 Å². The molecule has 0 aromatic carbocycles. The molecule has 7 nitrogen and oxygen atoms in total. The Hall–Kier alpha value is -2.17. The molecular weight excluding hydrogens is 488 g/mol. The topological polar surface area (TPSA) is 86.1 Å². The minimum Gasteiger partial charge on any atom is -0.459 e. The van der Waals surface area contributed by atoms with Crippen LogP contribution in [-0.2, 0) is 29.4 Å². The average Bonchev–Trinajstić information content (AvgIpc) is 3.48. The van der Waals surface area contributed by atoms with E-state index in [0.717, 1.165) is 42.6 Å². The minimum atomic E-state index is -0.355. The Labute approximate surface area is 212 Å². The van der Waals surface area contributed by atoms with Crippen molar-refractivity contribution in [2.24, 2.45) is 7.05 Å². The lowest BCUT2D eigenvalue weighted by atomic mass is 9.95. The smallest absolute Gasteiger partial charge is 0.341 e. The molecule has 0 aliphatic heterocycles. The fourth-order valence-electron chi connectivity index (χ4n) is 3.90. The number of carbonyl (C=O) groups is 2. The second-order valence-corrected chi connectivity index (χ2v) is 12.0. The van der Waals surface area contributed by atoms with E-state index in [4.69, 9.17) is 4.74 Å². The lowest BCUT2D eigenvalue weighted by Crippen LogP contribution is -2.19. The summed E-state index contributed by atoms with van der Waals surface area (Å²) >= 11 is 4.55. The van der Waals surface area contributed by atoms with E-state index in [1.807, 2.05) is 25.5 Å². The van der Waals surface area contributed by atoms with Crippen molar-refractivity contribution in [1.82, 2.24) is 14.8 Å². The van der Waals surface area contributed by atoms with Gasteiger partial charge in [-0.2, -0.15) is 0 Å². The highest BCUT2D eigenvalue weighted by molar-refractivity contribution is 7.99. The Morgan fingerprint density at radius 2 is 1.97 bits per heavy atom. The van der Waals surface area contributed by atoms with E-state index >= 15 is 0 Å². The highest BCUT2D eigenvalue weighted by atomic mass is 32.2. The number of nitrogens with one attached hydrogen (secondary N) is 1. The second kappa shape index (κ2) is 10.6. The summed E-state index contributed by atoms with van der Waals surface area (Å²) in [5, 5.41) is 15.0. The molecule has 3 aromatic rings. The molecule has 0 saturated carbocycles. The number of aromatic nitrogens is 3. The van der Waals surface area contributed by atoms with Gasteiger partial charge in [0, 0.05) is 27.7 Å². The molecule has 1 aliphatic carbocycles. The van der Waals surface area contributed by atoms with Crippen LogP contribution < -0.4 is 5.32 Å². The van der Waals surface area contributed by atoms with Crippen LogP contribution in [0.3, 0.4) is 0 Å². The molecule has 3 aromatic heterocycles. The van der Waals surface area contributed by atoms with Crippen LogP contribution in [0.1, 0.15) is 72.1 Å². The van der Waals surface area contributed by atoms with Gasteiger partial charge in [0.2, 0.25) is 5.91 Å². The van der Waals surface area contributed by atoms with Crippen molar-refractivity contribution < 1.29 is 14.3 Å². The van der Waals surface area contributed by atoms with Crippen LogP contribution >= 0.6 is 34.4 Å². The van der Waals surface area contributed by atoms with Gasteiger partial charge >= 0.3 is 5.97 Å². The van der Waals surface area contributed by atoms with Crippen LogP contribution in [0.15, 0.2) is 16.6 Å². The van der Waals surface area contributed by atoms with E-state index in [9.17, 15) is 9.59 Å². The molecule has 3 heterocycles. The number of hydrogen-bond acceptors (Lipinski definition) is 8. The quantitative estimate of drug-likeness (QED) is 0.295. The Morgan fingerprint density at radius 1 is 1.21 bits per heavy atom. The monoisotopic (exact) mass is 518 g/mol. The van der Waals surface area contributed by atoms with Crippen LogP contribution in [0.2, 0.25) is 0 Å². The summed E-state index contributed by atoms with van der Waals surface area (Å²) in [5.41, 5.74) is 2.61. The summed E-state index contributed by atoms with van der Waals surface area (Å²) in [7, 11) is 1.91. The molecule has 0 spiro atoms. The van der Waals surface area contributed by atoms with Gasteiger partial charge in [0.15, 0.2) is 11.0 Å². The number of rotatable bonds is 8. The number of carbonyl (C=O) groups excluding carboxylic acids is 2. The maximum Gasteiger partial charge on any atom is 0.341 e. The number of fused-ring (bicyclic) bond motifs is 1. The molecule has 4 rings (SSSR count). The Bertz CT molecular complexity index is 1190. The molecule has 0 fully saturated rings. The Balaban J connectivity index is 1.45. The zero-order valence-corrected chi connectivity index (χ0v) is 22.6. The fourth-order valence-corrected chi connectivity index (χ4v) is 6.81. The van der Waals surface area contributed by atoms with E-state index < -0.39 is 0 Å². The van der Waals surface area contributed by atoms with Crippen molar-refractivity contribution in [1.29, 1.82) is 0 Å². The molecule has 34 heavy (non-hydrogen) atoms. The van der Waals surface area contributed by atoms with Gasteiger partial charge in [-0.05, 0) is 57.1 Å². The largest absolute Gasteiger partial charge is 0.459 e. The van der Waals surface area contributed by atoms with Gasteiger partial charge in [0.05, 0.1) is 17.4 Å². The van der Waals surface area contributed by atoms with E-state index in [1.165, 1.54) is 32.9 Å². The summed E-state index contributed by atoms with van der Waals surface area (Å²) in [4.78, 5) is 28.1. The summed E-state index contributed by atoms with van der Waals surface area (Å²) in [6.07, 6.45) is 3.73. The van der Waals surface area contributed by atoms with Crippen molar-refractivity contribution >= 4 is 51.3 Å². The standard InChI is InChI=1S/C24H30N4O3S3/c1-13(2)18-10-15(11-32-18)21-26-27-24(28(21)5)33-12-19(29)25-22-20(23(30)31-14(3)4)16-8-6-7-9-17(16)34-22/h10-11,13-14H,6-9,12H2,1-5H3,(H,25,29). The first-order chi connectivity index (χ1) is 16.2. The molecule has 1 N–H and O–H groups in total. The predicted molar refractivity (Wildman–Crippen MR) is 139 cm³/mol. The van der Waals surface area contributed by atoms with Crippen LogP contribution in [0.5, 0.6) is 0 Å². The second-order valence-electron chi connectivity index (χ2n) is 8.96. The van der Waals surface area contributed by atoms with E-state index in [-0.39, 0.29) is 23.7 Å². The van der Waals surface area contributed by atoms with E-state index in [1.54, 1.807) is 11.3 Å². The van der Waals surface area contributed by atoms with Gasteiger partial charge in [-0.1, -0.05) is 25.6 Å². The number of amides is 1. The van der Waals surface area contributed by atoms with Gasteiger partial charge < -0.3 is 14.6 Å². The average molecular weight is 519 g/mol. The molecule has 0 atom stereocenters. The van der Waals surface area contributed by atoms with Crippen molar-refractivity contribution in [3.8, 4) is 11.4 Å². The molecule has 0 saturated heterocycles. The zero-order valence-electron chi connectivity index (χ0n) is 20.1. The number of thioether (sulfide) groups is 1. The van der Waals surface area contributed by atoms with Crippen LogP contribution in [0, 0.1) is 0 Å². The number of esters is 1. The fraction of sp³-hybridized carbons (Fsp3) is 0.500. The number of hydrogen-bond donors (Lipinski definition) is 1. The van der Waals surface area contributed by atoms with Crippen molar-refractivity contribution in [2.45, 2.75) is 70.6 Å². The molecule has 0 bridgehead atoms. The third kappa shape index (κ3) is 5.39. The van der Waals surface area contributed by atoms with Gasteiger partial charge in [0.1, 0.15) is 5.00 Å². The van der Waals surface area contributed by atoms with Crippen molar-refractivity contribution in [3.05, 3.63) is 32.3 Å². The van der Waals surface area contributed by atoms with E-state index in [2.05, 4.69) is 40.8 Å². The van der Waals surface area contributed by atoms with Gasteiger partial charge in [-0.15, -0.1) is 32.9 Å². The first-order valence-corrected chi connectivity index (χ1v) is 14.2. The summed E-state index contributed by atoms with van der Waals surface area (Å²) < 4.78 is 7.40. The maximum atomic E-state index is 12.8. The Kier molecular flexibility index (Phi) is 7.79. The van der Waals surface area contributed by atoms with Gasteiger partial charge in [-0.25, -0.2) is 4.79 Å². The van der Waals surface area contributed by atoms with Crippen LogP contribution in [0.4, 0.5) is 5.00 Å². The summed E-state index contributed by atoms with van der Waals surface area (Å²) in [5.74, 6) is 0.899. The molecule has 1 amide bonds. The number of ether oxygens (including phenoxy) is 1. The lowest BCUT2D eigenvalue weighted by Gasteiger charge is -2.14. The van der Waals surface area contributed by atoms with E-state index in [0.29, 0.717) is 21.6 Å². The predicted octanol–water partition coefficient (Wildman–Crippen LogP) is 5.90. The summed E-state index contributed by atoms with van der Waals surface area (Å²) in [6, 6.07) is 2.15. The normalized spacial score (nSPS) is 13.4. The number of nitrogens with zero attached hydrogens (tertiary/aromatic N) is 3. The zero-order chi connectivity index (χ0) is 24.4. The van der Waals surface area contributed by atoms with Crippen LogP contribution in [0.25, 0.3) is 11.4 Å². The number of aryl methyl sites for hydroxylation is 1. The van der Waals surface area contributed by atoms with Crippen molar-refractivity contribution in [2.75, 3.05) is 11.1 Å². The maximum absolute atomic E-state index is 12.8. The SMILES string of the molecule is CC(C)OC(=O)c1c(NC(=O)CSc2nnc(-c3csc(C(C)C)c3)n2C)sc2c1CCCC2. The molecule has 10 heteroatoms. The molecule has 0 unspecified atom stereocenters. The number of anilines is 1. The molecule has 1 aliphatic rings. The van der Waals surface area contributed by atoms with Gasteiger partial charge in [0.25, 0.3) is 0 Å². The first-order valence-electron chi connectivity index (χ1n) is 11.5. The highest BCUT2D eigenvalue weighted by Gasteiger charge is 2.28. The first kappa shape index (κ1) is 24.9. The van der Waals surface area contributed by atoms with Gasteiger partial charge in [-0.3, -0.25) is 4.79 Å². The molecule has 0 radical (unpaired) electrons. The van der Waals surface area contributed by atoms with Crippen LogP contribution in [-0.4, -0.2) is 38.5 Å².